The Balaban J connectivity index is 1.53. The summed E-state index contributed by atoms with van der Waals surface area (Å²) in [6, 6.07) is 0. The summed E-state index contributed by atoms with van der Waals surface area (Å²) in [5.41, 5.74) is 0.399. The molecule has 0 amide bonds. The number of rotatable bonds is 5. The zero-order valence-electron chi connectivity index (χ0n) is 12.9. The molecule has 3 rings (SSSR count). The smallest absolute Gasteiger partial charge is 0.185 e. The van der Waals surface area contributed by atoms with Crippen LogP contribution in [-0.4, -0.2) is 69.4 Å². The maximum absolute atomic E-state index is 5.56. The average Bonchev–Trinajstić information content (AvgIpc) is 3.03. The summed E-state index contributed by atoms with van der Waals surface area (Å²) in [5.74, 6) is 0. The van der Waals surface area contributed by atoms with Gasteiger partial charge in [0.2, 0.25) is 0 Å². The molecule has 1 aromatic heterocycles. The lowest BCUT2D eigenvalue weighted by Gasteiger charge is -2.43. The predicted octanol–water partition coefficient (Wildman–Crippen LogP) is 1.28. The fourth-order valence-corrected chi connectivity index (χ4v) is 4.21. The van der Waals surface area contributed by atoms with Crippen molar-refractivity contribution in [1.29, 1.82) is 0 Å². The highest BCUT2D eigenvalue weighted by molar-refractivity contribution is 7.13. The lowest BCUT2D eigenvalue weighted by Crippen LogP contribution is -2.53. The first kappa shape index (κ1) is 15.2. The van der Waals surface area contributed by atoms with Crippen molar-refractivity contribution in [3.63, 3.8) is 0 Å². The predicted molar refractivity (Wildman–Crippen MR) is 87.2 cm³/mol. The Morgan fingerprint density at radius 1 is 1.29 bits per heavy atom. The van der Waals surface area contributed by atoms with E-state index in [1.54, 1.807) is 11.3 Å². The topological polar surface area (TPSA) is 40.6 Å². The molecule has 0 saturated carbocycles. The van der Waals surface area contributed by atoms with E-state index in [2.05, 4.69) is 32.5 Å². The summed E-state index contributed by atoms with van der Waals surface area (Å²) in [7, 11) is 2.07. The molecule has 0 bridgehead atoms. The minimum Gasteiger partial charge on any atom is -0.381 e. The number of hydrogen-bond acceptors (Lipinski definition) is 6. The number of thiazole rings is 1. The molecular formula is C15H26N4OS. The Kier molecular flexibility index (Phi) is 5.11. The number of nitrogens with zero attached hydrogens (tertiary/aromatic N) is 3. The highest BCUT2D eigenvalue weighted by atomic mass is 32.1. The lowest BCUT2D eigenvalue weighted by molar-refractivity contribution is -0.00427. The van der Waals surface area contributed by atoms with E-state index < -0.39 is 0 Å². The number of hydrogen-bond donors (Lipinski definition) is 1. The van der Waals surface area contributed by atoms with Crippen LogP contribution in [0.1, 0.15) is 12.8 Å². The molecule has 3 heterocycles. The Morgan fingerprint density at radius 2 is 2.05 bits per heavy atom. The van der Waals surface area contributed by atoms with E-state index in [0.717, 1.165) is 45.9 Å². The monoisotopic (exact) mass is 310 g/mol. The molecule has 0 unspecified atom stereocenters. The molecule has 2 fully saturated rings. The summed E-state index contributed by atoms with van der Waals surface area (Å²) >= 11 is 1.74. The van der Waals surface area contributed by atoms with Gasteiger partial charge in [0.25, 0.3) is 0 Å². The molecule has 2 saturated heterocycles. The van der Waals surface area contributed by atoms with Gasteiger partial charge in [0, 0.05) is 64.1 Å². The second-order valence-corrected chi connectivity index (χ2v) is 7.09. The molecule has 5 nitrogen and oxygen atoms in total. The van der Waals surface area contributed by atoms with Crippen molar-refractivity contribution in [3.8, 4) is 0 Å². The van der Waals surface area contributed by atoms with Gasteiger partial charge in [-0.15, -0.1) is 11.3 Å². The number of piperazine rings is 1. The third-order valence-corrected chi connectivity index (χ3v) is 5.56. The lowest BCUT2D eigenvalue weighted by atomic mass is 9.79. The molecule has 2 aliphatic heterocycles. The van der Waals surface area contributed by atoms with Gasteiger partial charge in [0.1, 0.15) is 0 Å². The Bertz CT molecular complexity index is 406. The van der Waals surface area contributed by atoms with E-state index in [9.17, 15) is 0 Å². The molecule has 6 heteroatoms. The van der Waals surface area contributed by atoms with Crippen LogP contribution in [0.4, 0.5) is 5.13 Å². The van der Waals surface area contributed by atoms with Crippen molar-refractivity contribution in [2.75, 3.05) is 64.4 Å². The summed E-state index contributed by atoms with van der Waals surface area (Å²) in [6.07, 6.45) is 4.26. The van der Waals surface area contributed by atoms with Crippen molar-refractivity contribution in [3.05, 3.63) is 11.6 Å². The minimum atomic E-state index is 0.399. The molecule has 0 radical (unpaired) electrons. The van der Waals surface area contributed by atoms with Crippen LogP contribution in [0.2, 0.25) is 0 Å². The fraction of sp³-hybridized carbons (Fsp3) is 0.800. The van der Waals surface area contributed by atoms with Crippen LogP contribution in [0, 0.1) is 5.41 Å². The van der Waals surface area contributed by atoms with E-state index in [1.807, 2.05) is 6.20 Å². The first-order chi connectivity index (χ1) is 10.3. The van der Waals surface area contributed by atoms with Crippen LogP contribution in [0.15, 0.2) is 11.6 Å². The number of nitrogens with one attached hydrogen (secondary N) is 1. The summed E-state index contributed by atoms with van der Waals surface area (Å²) in [5, 5.41) is 6.63. The van der Waals surface area contributed by atoms with Crippen molar-refractivity contribution in [2.45, 2.75) is 12.8 Å². The number of anilines is 1. The van der Waals surface area contributed by atoms with Gasteiger partial charge in [-0.25, -0.2) is 4.98 Å². The molecule has 0 atom stereocenters. The highest BCUT2D eigenvalue weighted by Gasteiger charge is 2.34. The van der Waals surface area contributed by atoms with Crippen molar-refractivity contribution in [2.24, 2.45) is 5.41 Å². The van der Waals surface area contributed by atoms with Gasteiger partial charge in [0.15, 0.2) is 5.13 Å². The third kappa shape index (κ3) is 3.74. The SMILES string of the molecule is CNCC1(CN2CCN(c3nccs3)CC2)CCOCC1. The van der Waals surface area contributed by atoms with E-state index >= 15 is 0 Å². The molecule has 2 aliphatic rings. The zero-order chi connectivity index (χ0) is 14.5. The summed E-state index contributed by atoms with van der Waals surface area (Å²) < 4.78 is 5.56. The standard InChI is InChI=1S/C15H26N4OS/c1-16-12-15(2-9-20-10-3-15)13-18-5-7-19(8-6-18)14-17-4-11-21-14/h4,11,16H,2-3,5-10,12-13H2,1H3. The summed E-state index contributed by atoms with van der Waals surface area (Å²) in [6.45, 7) is 8.62. The van der Waals surface area contributed by atoms with Crippen molar-refractivity contribution < 1.29 is 4.74 Å². The molecule has 21 heavy (non-hydrogen) atoms. The largest absolute Gasteiger partial charge is 0.381 e. The van der Waals surface area contributed by atoms with Crippen LogP contribution in [0.25, 0.3) is 0 Å². The van der Waals surface area contributed by atoms with Gasteiger partial charge < -0.3 is 15.0 Å². The van der Waals surface area contributed by atoms with Gasteiger partial charge >= 0.3 is 0 Å². The molecular weight excluding hydrogens is 284 g/mol. The van der Waals surface area contributed by atoms with Gasteiger partial charge in [-0.2, -0.15) is 0 Å². The van der Waals surface area contributed by atoms with Gasteiger partial charge in [0.05, 0.1) is 0 Å². The number of aromatic nitrogens is 1. The molecule has 0 aliphatic carbocycles. The fourth-order valence-electron chi connectivity index (χ4n) is 3.51. The van der Waals surface area contributed by atoms with Gasteiger partial charge in [-0.1, -0.05) is 0 Å². The van der Waals surface area contributed by atoms with Crippen molar-refractivity contribution >= 4 is 16.5 Å². The Hall–Kier alpha value is -0.690. The number of ether oxygens (including phenoxy) is 1. The van der Waals surface area contributed by atoms with Gasteiger partial charge in [-0.3, -0.25) is 4.90 Å². The highest BCUT2D eigenvalue weighted by Crippen LogP contribution is 2.31. The molecule has 1 aromatic rings. The average molecular weight is 310 g/mol. The van der Waals surface area contributed by atoms with E-state index in [1.165, 1.54) is 24.5 Å². The van der Waals surface area contributed by atoms with E-state index in [-0.39, 0.29) is 0 Å². The Morgan fingerprint density at radius 3 is 2.67 bits per heavy atom. The molecule has 118 valence electrons. The quantitative estimate of drug-likeness (QED) is 0.887. The third-order valence-electron chi connectivity index (χ3n) is 4.73. The molecule has 0 spiro atoms. The summed E-state index contributed by atoms with van der Waals surface area (Å²) in [4.78, 5) is 9.47. The molecule has 1 N–H and O–H groups in total. The second-order valence-electron chi connectivity index (χ2n) is 6.22. The minimum absolute atomic E-state index is 0.399. The van der Waals surface area contributed by atoms with Crippen LogP contribution < -0.4 is 10.2 Å². The van der Waals surface area contributed by atoms with Crippen LogP contribution in [0.3, 0.4) is 0 Å². The van der Waals surface area contributed by atoms with Crippen LogP contribution >= 0.6 is 11.3 Å². The first-order valence-corrected chi connectivity index (χ1v) is 8.78. The normalized spacial score (nSPS) is 23.4. The van der Waals surface area contributed by atoms with Crippen molar-refractivity contribution in [1.82, 2.24) is 15.2 Å². The van der Waals surface area contributed by atoms with E-state index in [0.29, 0.717) is 5.41 Å². The maximum Gasteiger partial charge on any atom is 0.185 e. The Labute approximate surface area is 131 Å². The van der Waals surface area contributed by atoms with E-state index in [4.69, 9.17) is 4.74 Å². The van der Waals surface area contributed by atoms with Crippen LogP contribution in [-0.2, 0) is 4.74 Å². The molecule has 0 aromatic carbocycles. The second kappa shape index (κ2) is 7.05. The zero-order valence-corrected chi connectivity index (χ0v) is 13.7. The first-order valence-electron chi connectivity index (χ1n) is 7.90. The van der Waals surface area contributed by atoms with Gasteiger partial charge in [-0.05, 0) is 25.3 Å². The van der Waals surface area contributed by atoms with Crippen LogP contribution in [0.5, 0.6) is 0 Å². The maximum atomic E-state index is 5.56.